The number of hydrogen-bond acceptors (Lipinski definition) is 3. The molecular formula is C12H18ClNO2. The molecule has 0 spiro atoms. The molecule has 16 heavy (non-hydrogen) atoms. The lowest BCUT2D eigenvalue weighted by Crippen LogP contribution is -2.24. The van der Waals surface area contributed by atoms with Crippen LogP contribution in [0.1, 0.15) is 18.4 Å². The third-order valence-corrected chi connectivity index (χ3v) is 2.90. The van der Waals surface area contributed by atoms with Crippen LogP contribution in [0.25, 0.3) is 0 Å². The van der Waals surface area contributed by atoms with Gasteiger partial charge in [-0.15, -0.1) is 12.4 Å². The fourth-order valence-corrected chi connectivity index (χ4v) is 1.73. The largest absolute Gasteiger partial charge is 0.493 e. The van der Waals surface area contributed by atoms with Gasteiger partial charge in [0.05, 0.1) is 14.2 Å². The molecule has 0 bridgehead atoms. The van der Waals surface area contributed by atoms with Crippen molar-refractivity contribution >= 4 is 12.4 Å². The van der Waals surface area contributed by atoms with Crippen molar-refractivity contribution in [1.82, 2.24) is 0 Å². The molecule has 0 heterocycles. The van der Waals surface area contributed by atoms with E-state index in [1.807, 2.05) is 18.2 Å². The normalized spacial score (nSPS) is 16.2. The second-order valence-corrected chi connectivity index (χ2v) is 4.23. The van der Waals surface area contributed by atoms with Crippen molar-refractivity contribution in [1.29, 1.82) is 0 Å². The summed E-state index contributed by atoms with van der Waals surface area (Å²) in [5.41, 5.74) is 7.33. The Balaban J connectivity index is 0.00000128. The van der Waals surface area contributed by atoms with Crippen LogP contribution in [0, 0.1) is 0 Å². The summed E-state index contributed by atoms with van der Waals surface area (Å²) in [7, 11) is 3.29. The maximum Gasteiger partial charge on any atom is 0.160 e. The van der Waals surface area contributed by atoms with Crippen molar-refractivity contribution in [2.45, 2.75) is 24.8 Å². The molecule has 0 aliphatic heterocycles. The lowest BCUT2D eigenvalue weighted by Gasteiger charge is -2.12. The van der Waals surface area contributed by atoms with Gasteiger partial charge < -0.3 is 15.2 Å². The van der Waals surface area contributed by atoms with Crippen LogP contribution in [0.5, 0.6) is 11.5 Å². The number of rotatable bonds is 4. The number of nitrogens with two attached hydrogens (primary N) is 1. The number of ether oxygens (including phenoxy) is 2. The number of halogens is 1. The van der Waals surface area contributed by atoms with E-state index in [2.05, 4.69) is 0 Å². The topological polar surface area (TPSA) is 44.5 Å². The van der Waals surface area contributed by atoms with Gasteiger partial charge in [0.2, 0.25) is 0 Å². The van der Waals surface area contributed by atoms with Crippen molar-refractivity contribution < 1.29 is 9.47 Å². The molecule has 1 aliphatic rings. The van der Waals surface area contributed by atoms with Crippen LogP contribution in [0.2, 0.25) is 0 Å². The summed E-state index contributed by atoms with van der Waals surface area (Å²) in [5, 5.41) is 0. The molecule has 1 aromatic carbocycles. The molecular weight excluding hydrogens is 226 g/mol. The molecule has 0 aromatic heterocycles. The molecule has 3 nitrogen and oxygen atoms in total. The average Bonchev–Trinajstić information content (AvgIpc) is 2.96. The van der Waals surface area contributed by atoms with E-state index in [1.54, 1.807) is 14.2 Å². The highest BCUT2D eigenvalue weighted by Gasteiger charge is 2.38. The van der Waals surface area contributed by atoms with Gasteiger partial charge in [0.1, 0.15) is 0 Å². The quantitative estimate of drug-likeness (QED) is 0.882. The van der Waals surface area contributed by atoms with E-state index in [-0.39, 0.29) is 17.9 Å². The summed E-state index contributed by atoms with van der Waals surface area (Å²) in [6.45, 7) is 0. The summed E-state index contributed by atoms with van der Waals surface area (Å²) in [6, 6.07) is 5.99. The number of hydrogen-bond donors (Lipinski definition) is 1. The highest BCUT2D eigenvalue weighted by atomic mass is 35.5. The molecule has 1 saturated carbocycles. The van der Waals surface area contributed by atoms with E-state index in [0.717, 1.165) is 30.8 Å². The monoisotopic (exact) mass is 243 g/mol. The van der Waals surface area contributed by atoms with E-state index >= 15 is 0 Å². The maximum absolute atomic E-state index is 6.07. The summed E-state index contributed by atoms with van der Waals surface area (Å²) in [6.07, 6.45) is 3.18. The molecule has 4 heteroatoms. The van der Waals surface area contributed by atoms with Crippen molar-refractivity contribution in [2.75, 3.05) is 14.2 Å². The minimum Gasteiger partial charge on any atom is -0.493 e. The van der Waals surface area contributed by atoms with Gasteiger partial charge in [-0.2, -0.15) is 0 Å². The zero-order chi connectivity index (χ0) is 10.9. The Morgan fingerprint density at radius 2 is 1.81 bits per heavy atom. The molecule has 1 fully saturated rings. The van der Waals surface area contributed by atoms with Gasteiger partial charge in [-0.1, -0.05) is 6.07 Å². The Morgan fingerprint density at radius 1 is 1.19 bits per heavy atom. The smallest absolute Gasteiger partial charge is 0.160 e. The third-order valence-electron chi connectivity index (χ3n) is 2.90. The van der Waals surface area contributed by atoms with Crippen LogP contribution < -0.4 is 15.2 Å². The fraction of sp³-hybridized carbons (Fsp3) is 0.500. The van der Waals surface area contributed by atoms with Gasteiger partial charge >= 0.3 is 0 Å². The van der Waals surface area contributed by atoms with Gasteiger partial charge in [-0.3, -0.25) is 0 Å². The highest BCUT2D eigenvalue weighted by molar-refractivity contribution is 5.85. The second kappa shape index (κ2) is 4.93. The Kier molecular flexibility index (Phi) is 4.05. The summed E-state index contributed by atoms with van der Waals surface area (Å²) in [4.78, 5) is 0. The third kappa shape index (κ3) is 2.80. The van der Waals surface area contributed by atoms with E-state index in [1.165, 1.54) is 5.56 Å². The van der Waals surface area contributed by atoms with Gasteiger partial charge in [-0.25, -0.2) is 0 Å². The molecule has 0 unspecified atom stereocenters. The minimum atomic E-state index is 0. The Hall–Kier alpha value is -0.930. The van der Waals surface area contributed by atoms with Crippen LogP contribution in [0.3, 0.4) is 0 Å². The molecule has 0 atom stereocenters. The Bertz CT molecular complexity index is 364. The molecule has 1 aromatic rings. The lowest BCUT2D eigenvalue weighted by atomic mass is 10.0. The zero-order valence-electron chi connectivity index (χ0n) is 9.66. The predicted octanol–water partition coefficient (Wildman–Crippen LogP) is 2.16. The Morgan fingerprint density at radius 3 is 2.31 bits per heavy atom. The summed E-state index contributed by atoms with van der Waals surface area (Å²) >= 11 is 0. The van der Waals surface area contributed by atoms with Crippen LogP contribution in [0.15, 0.2) is 18.2 Å². The molecule has 0 amide bonds. The van der Waals surface area contributed by atoms with Crippen molar-refractivity contribution in [3.8, 4) is 11.5 Å². The zero-order valence-corrected chi connectivity index (χ0v) is 10.5. The van der Waals surface area contributed by atoms with Crippen molar-refractivity contribution in [3.05, 3.63) is 23.8 Å². The SMILES string of the molecule is COc1ccc(CC2(N)CC2)cc1OC.Cl. The lowest BCUT2D eigenvalue weighted by molar-refractivity contribution is 0.354. The number of benzene rings is 1. The maximum atomic E-state index is 6.07. The predicted molar refractivity (Wildman–Crippen MR) is 66.7 cm³/mol. The highest BCUT2D eigenvalue weighted by Crippen LogP contribution is 2.37. The first-order valence-corrected chi connectivity index (χ1v) is 5.17. The fourth-order valence-electron chi connectivity index (χ4n) is 1.73. The van der Waals surface area contributed by atoms with Crippen LogP contribution in [0.4, 0.5) is 0 Å². The van der Waals surface area contributed by atoms with Gasteiger partial charge in [0, 0.05) is 5.54 Å². The van der Waals surface area contributed by atoms with Crippen LogP contribution in [-0.2, 0) is 6.42 Å². The average molecular weight is 244 g/mol. The van der Waals surface area contributed by atoms with Gasteiger partial charge in [0.25, 0.3) is 0 Å². The molecule has 1 aliphatic carbocycles. The standard InChI is InChI=1S/C12H17NO2.ClH/c1-14-10-4-3-9(7-11(10)15-2)8-12(13)5-6-12;/h3-4,7H,5-6,8,13H2,1-2H3;1H. The molecule has 0 saturated heterocycles. The van der Waals surface area contributed by atoms with Crippen molar-refractivity contribution in [3.63, 3.8) is 0 Å². The summed E-state index contributed by atoms with van der Waals surface area (Å²) in [5.74, 6) is 1.54. The van der Waals surface area contributed by atoms with E-state index in [4.69, 9.17) is 15.2 Å². The summed E-state index contributed by atoms with van der Waals surface area (Å²) < 4.78 is 10.4. The first kappa shape index (κ1) is 13.1. The van der Waals surface area contributed by atoms with E-state index < -0.39 is 0 Å². The Labute approximate surface area is 102 Å². The molecule has 2 rings (SSSR count). The first-order valence-electron chi connectivity index (χ1n) is 5.17. The van der Waals surface area contributed by atoms with Crippen LogP contribution in [-0.4, -0.2) is 19.8 Å². The second-order valence-electron chi connectivity index (χ2n) is 4.23. The number of methoxy groups -OCH3 is 2. The van der Waals surface area contributed by atoms with Gasteiger partial charge in [0.15, 0.2) is 11.5 Å². The molecule has 2 N–H and O–H groups in total. The van der Waals surface area contributed by atoms with Crippen LogP contribution >= 0.6 is 12.4 Å². The van der Waals surface area contributed by atoms with E-state index in [0.29, 0.717) is 0 Å². The van der Waals surface area contributed by atoms with Crippen molar-refractivity contribution in [2.24, 2.45) is 5.73 Å². The first-order chi connectivity index (χ1) is 7.17. The minimum absolute atomic E-state index is 0. The van der Waals surface area contributed by atoms with Gasteiger partial charge in [-0.05, 0) is 37.0 Å². The molecule has 0 radical (unpaired) electrons. The molecule has 90 valence electrons. The van der Waals surface area contributed by atoms with E-state index in [9.17, 15) is 0 Å².